The van der Waals surface area contributed by atoms with Crippen molar-refractivity contribution in [3.63, 3.8) is 0 Å². The summed E-state index contributed by atoms with van der Waals surface area (Å²) in [5.74, 6) is 0.349. The molecule has 0 bridgehead atoms. The highest BCUT2D eigenvalue weighted by atomic mass is 32.2. The van der Waals surface area contributed by atoms with E-state index in [1.165, 1.54) is 18.2 Å². The zero-order chi connectivity index (χ0) is 19.9. The summed E-state index contributed by atoms with van der Waals surface area (Å²) in [4.78, 5) is 27.1. The molecule has 0 N–H and O–H groups in total. The average molecular weight is 423 g/mol. The molecule has 0 aliphatic heterocycles. The molecule has 1 aliphatic rings. The number of thiophene rings is 1. The van der Waals surface area contributed by atoms with Crippen molar-refractivity contribution in [3.05, 3.63) is 17.5 Å². The van der Waals surface area contributed by atoms with E-state index >= 15 is 0 Å². The molecule has 2 heterocycles. The summed E-state index contributed by atoms with van der Waals surface area (Å²) in [7, 11) is 1.80. The molecule has 3 rings (SSSR count). The number of ether oxygens (including phenoxy) is 1. The van der Waals surface area contributed by atoms with Crippen LogP contribution in [0.25, 0.3) is 10.7 Å². The number of hydrogen-bond donors (Lipinski definition) is 0. The molecular weight excluding hydrogens is 396 g/mol. The fourth-order valence-corrected chi connectivity index (χ4v) is 4.87. The van der Waals surface area contributed by atoms with Gasteiger partial charge >= 0.3 is 5.97 Å². The lowest BCUT2D eigenvalue weighted by Crippen LogP contribution is -2.40. The van der Waals surface area contributed by atoms with E-state index in [2.05, 4.69) is 10.2 Å². The van der Waals surface area contributed by atoms with Gasteiger partial charge in [-0.15, -0.1) is 21.5 Å². The predicted molar refractivity (Wildman–Crippen MR) is 110 cm³/mol. The lowest BCUT2D eigenvalue weighted by atomic mass is 9.94. The molecule has 0 atom stereocenters. The first kappa shape index (κ1) is 20.9. The molecule has 1 aliphatic carbocycles. The highest BCUT2D eigenvalue weighted by molar-refractivity contribution is 7.99. The van der Waals surface area contributed by atoms with E-state index in [-0.39, 0.29) is 24.3 Å². The topological polar surface area (TPSA) is 77.3 Å². The summed E-state index contributed by atoms with van der Waals surface area (Å²) < 4.78 is 7.16. The number of thioether (sulfide) groups is 1. The lowest BCUT2D eigenvalue weighted by molar-refractivity contribution is -0.150. The van der Waals surface area contributed by atoms with Gasteiger partial charge in [0.05, 0.1) is 10.6 Å². The Bertz CT molecular complexity index is 785. The van der Waals surface area contributed by atoms with Gasteiger partial charge in [0.25, 0.3) is 5.91 Å². The van der Waals surface area contributed by atoms with Crippen molar-refractivity contribution in [2.75, 3.05) is 19.4 Å². The predicted octanol–water partition coefficient (Wildman–Crippen LogP) is 3.45. The van der Waals surface area contributed by atoms with Gasteiger partial charge in [0.2, 0.25) is 0 Å². The number of carbonyl (C=O) groups excluding carboxylic acids is 2. The third-order valence-corrected chi connectivity index (χ3v) is 6.77. The second-order valence-corrected chi connectivity index (χ2v) is 8.66. The van der Waals surface area contributed by atoms with Crippen LogP contribution in [0.5, 0.6) is 0 Å². The third-order valence-electron chi connectivity index (χ3n) is 4.97. The molecule has 0 spiro atoms. The molecule has 0 unspecified atom stereocenters. The van der Waals surface area contributed by atoms with Crippen LogP contribution in [0.4, 0.5) is 0 Å². The Morgan fingerprint density at radius 2 is 2.11 bits per heavy atom. The van der Waals surface area contributed by atoms with E-state index in [9.17, 15) is 9.59 Å². The van der Waals surface area contributed by atoms with Crippen molar-refractivity contribution >= 4 is 35.0 Å². The molecule has 0 saturated heterocycles. The van der Waals surface area contributed by atoms with Crippen LogP contribution in [0.3, 0.4) is 0 Å². The Labute approximate surface area is 173 Å². The third kappa shape index (κ3) is 5.14. The van der Waals surface area contributed by atoms with Crippen LogP contribution in [-0.4, -0.2) is 57.0 Å². The normalized spacial score (nSPS) is 14.8. The number of likely N-dealkylation sites (N-methyl/N-ethyl adjacent to an activating group) is 1. The van der Waals surface area contributed by atoms with E-state index in [0.717, 1.165) is 36.4 Å². The Balaban J connectivity index is 1.47. The van der Waals surface area contributed by atoms with Gasteiger partial charge in [0.15, 0.2) is 17.6 Å². The standard InChI is InChI=1S/C19H26N4O3S2/c1-3-23-18(15-10-7-11-27-15)20-21-19(23)28-13-17(25)26-12-16(24)22(2)14-8-5-4-6-9-14/h7,10-11,14H,3-6,8-9,12-13H2,1-2H3. The van der Waals surface area contributed by atoms with Crippen molar-refractivity contribution in [1.82, 2.24) is 19.7 Å². The molecule has 1 amide bonds. The summed E-state index contributed by atoms with van der Waals surface area (Å²) in [6.45, 7) is 2.53. The van der Waals surface area contributed by atoms with Crippen molar-refractivity contribution in [2.45, 2.75) is 56.8 Å². The van der Waals surface area contributed by atoms with Gasteiger partial charge in [-0.25, -0.2) is 0 Å². The van der Waals surface area contributed by atoms with Crippen LogP contribution >= 0.6 is 23.1 Å². The van der Waals surface area contributed by atoms with Gasteiger partial charge in [0.1, 0.15) is 0 Å². The van der Waals surface area contributed by atoms with Gasteiger partial charge < -0.3 is 14.2 Å². The van der Waals surface area contributed by atoms with Crippen LogP contribution in [0.2, 0.25) is 0 Å². The molecule has 7 nitrogen and oxygen atoms in total. The van der Waals surface area contributed by atoms with Crippen LogP contribution in [0, 0.1) is 0 Å². The summed E-state index contributed by atoms with van der Waals surface area (Å²) >= 11 is 2.88. The molecule has 0 radical (unpaired) electrons. The van der Waals surface area contributed by atoms with E-state index < -0.39 is 5.97 Å². The number of amides is 1. The molecule has 28 heavy (non-hydrogen) atoms. The minimum Gasteiger partial charge on any atom is -0.455 e. The van der Waals surface area contributed by atoms with Gasteiger partial charge in [-0.3, -0.25) is 9.59 Å². The lowest BCUT2D eigenvalue weighted by Gasteiger charge is -2.31. The first-order valence-electron chi connectivity index (χ1n) is 9.61. The summed E-state index contributed by atoms with van der Waals surface area (Å²) in [5.41, 5.74) is 0. The van der Waals surface area contributed by atoms with Crippen LogP contribution in [0.1, 0.15) is 39.0 Å². The smallest absolute Gasteiger partial charge is 0.316 e. The van der Waals surface area contributed by atoms with Crippen LogP contribution in [0.15, 0.2) is 22.7 Å². The summed E-state index contributed by atoms with van der Waals surface area (Å²) in [6.07, 6.45) is 5.62. The van der Waals surface area contributed by atoms with Gasteiger partial charge in [-0.05, 0) is 31.2 Å². The quantitative estimate of drug-likeness (QED) is 0.479. The minimum atomic E-state index is -0.418. The Kier molecular flexibility index (Phi) is 7.50. The van der Waals surface area contributed by atoms with Gasteiger partial charge in [-0.1, -0.05) is 37.1 Å². The Hall–Kier alpha value is -1.87. The van der Waals surface area contributed by atoms with Crippen molar-refractivity contribution in [2.24, 2.45) is 0 Å². The maximum atomic E-state index is 12.3. The molecule has 1 saturated carbocycles. The van der Waals surface area contributed by atoms with Crippen molar-refractivity contribution in [1.29, 1.82) is 0 Å². The van der Waals surface area contributed by atoms with Crippen molar-refractivity contribution < 1.29 is 14.3 Å². The molecule has 9 heteroatoms. The van der Waals surface area contributed by atoms with E-state index in [1.54, 1.807) is 23.3 Å². The number of nitrogens with zero attached hydrogens (tertiary/aromatic N) is 4. The maximum absolute atomic E-state index is 12.3. The van der Waals surface area contributed by atoms with E-state index in [4.69, 9.17) is 4.74 Å². The van der Waals surface area contributed by atoms with E-state index in [0.29, 0.717) is 11.7 Å². The van der Waals surface area contributed by atoms with Crippen LogP contribution in [-0.2, 0) is 20.9 Å². The first-order valence-corrected chi connectivity index (χ1v) is 11.5. The van der Waals surface area contributed by atoms with Crippen molar-refractivity contribution in [3.8, 4) is 10.7 Å². The second kappa shape index (κ2) is 10.1. The second-order valence-electron chi connectivity index (χ2n) is 6.77. The van der Waals surface area contributed by atoms with Crippen LogP contribution < -0.4 is 0 Å². The fraction of sp³-hybridized carbons (Fsp3) is 0.579. The zero-order valence-electron chi connectivity index (χ0n) is 16.3. The average Bonchev–Trinajstić information content (AvgIpc) is 3.39. The Morgan fingerprint density at radius 3 is 2.79 bits per heavy atom. The monoisotopic (exact) mass is 422 g/mol. The van der Waals surface area contributed by atoms with E-state index in [1.807, 2.05) is 29.0 Å². The molecular formula is C19H26N4O3S2. The number of carbonyl (C=O) groups is 2. The minimum absolute atomic E-state index is 0.100. The largest absolute Gasteiger partial charge is 0.455 e. The fourth-order valence-electron chi connectivity index (χ4n) is 3.35. The van der Waals surface area contributed by atoms with Gasteiger partial charge in [-0.2, -0.15) is 0 Å². The molecule has 2 aromatic rings. The number of hydrogen-bond acceptors (Lipinski definition) is 7. The number of esters is 1. The van der Waals surface area contributed by atoms with Gasteiger partial charge in [0, 0.05) is 19.6 Å². The Morgan fingerprint density at radius 1 is 1.32 bits per heavy atom. The maximum Gasteiger partial charge on any atom is 0.316 e. The SMILES string of the molecule is CCn1c(SCC(=O)OCC(=O)N(C)C2CCCCC2)nnc1-c1cccs1. The highest BCUT2D eigenvalue weighted by Crippen LogP contribution is 2.27. The molecule has 1 fully saturated rings. The molecule has 152 valence electrons. The number of rotatable bonds is 8. The molecule has 2 aromatic heterocycles. The summed E-state index contributed by atoms with van der Waals surface area (Å²) in [5, 5.41) is 11.1. The number of aromatic nitrogens is 3. The zero-order valence-corrected chi connectivity index (χ0v) is 17.9. The highest BCUT2D eigenvalue weighted by Gasteiger charge is 2.23. The summed E-state index contributed by atoms with van der Waals surface area (Å²) in [6, 6.07) is 4.24. The first-order chi connectivity index (χ1) is 13.6. The molecule has 0 aromatic carbocycles.